The summed E-state index contributed by atoms with van der Waals surface area (Å²) in [6.07, 6.45) is 4.25. The molecule has 8 N–H and O–H groups in total. The van der Waals surface area contributed by atoms with Crippen molar-refractivity contribution in [2.24, 2.45) is 17.6 Å². The van der Waals surface area contributed by atoms with E-state index >= 15 is 0 Å². The number of benzene rings is 2. The first-order chi connectivity index (χ1) is 20.9. The van der Waals surface area contributed by atoms with E-state index in [1.54, 1.807) is 20.0 Å². The second kappa shape index (κ2) is 14.2. The van der Waals surface area contributed by atoms with E-state index in [0.717, 1.165) is 32.9 Å². The summed E-state index contributed by atoms with van der Waals surface area (Å²) >= 11 is 0. The number of rotatable bonds is 14. The van der Waals surface area contributed by atoms with Gasteiger partial charge in [0.05, 0.1) is 6.04 Å². The number of carboxylic acids is 1. The molecule has 2 aromatic carbocycles. The largest absolute Gasteiger partial charge is 0.480 e. The van der Waals surface area contributed by atoms with Crippen LogP contribution in [-0.4, -0.2) is 62.9 Å². The highest BCUT2D eigenvalue weighted by atomic mass is 16.4. The predicted molar refractivity (Wildman–Crippen MR) is 170 cm³/mol. The Morgan fingerprint density at radius 2 is 1.25 bits per heavy atom. The van der Waals surface area contributed by atoms with Gasteiger partial charge in [0.2, 0.25) is 17.7 Å². The number of amides is 3. The fraction of sp³-hybridized carbons (Fsp3) is 0.394. The molecule has 0 spiro atoms. The number of carboxylic acid groups (broad SMARTS) is 1. The van der Waals surface area contributed by atoms with Crippen molar-refractivity contribution in [1.82, 2.24) is 25.9 Å². The molecule has 11 heteroatoms. The van der Waals surface area contributed by atoms with Crippen LogP contribution in [0.4, 0.5) is 0 Å². The monoisotopic (exact) mass is 602 g/mol. The molecule has 0 aliphatic heterocycles. The van der Waals surface area contributed by atoms with E-state index in [4.69, 9.17) is 5.73 Å². The van der Waals surface area contributed by atoms with Gasteiger partial charge in [-0.1, -0.05) is 64.1 Å². The van der Waals surface area contributed by atoms with Crippen LogP contribution in [0.1, 0.15) is 45.2 Å². The maximum absolute atomic E-state index is 13.8. The number of fused-ring (bicyclic) bond motifs is 2. The molecule has 0 aliphatic rings. The molecule has 4 atom stereocenters. The Morgan fingerprint density at radius 1 is 0.727 bits per heavy atom. The van der Waals surface area contributed by atoms with Gasteiger partial charge in [0.1, 0.15) is 18.1 Å². The molecule has 4 unspecified atom stereocenters. The molecule has 234 valence electrons. The lowest BCUT2D eigenvalue weighted by Crippen LogP contribution is -2.59. The first-order valence-corrected chi connectivity index (χ1v) is 14.9. The highest BCUT2D eigenvalue weighted by Crippen LogP contribution is 2.21. The molecule has 0 fully saturated rings. The van der Waals surface area contributed by atoms with Crippen molar-refractivity contribution in [2.45, 2.75) is 71.1 Å². The molecule has 0 saturated heterocycles. The van der Waals surface area contributed by atoms with Crippen LogP contribution >= 0.6 is 0 Å². The number of carbonyl (C=O) groups is 4. The SMILES string of the molecule is CC(C)CC(NC(=O)C(NC(=O)C(Cc1c[nH]c2ccccc12)NC(=O)C(N)Cc1c[nH]c2ccccc12)C(C)C)C(=O)O. The summed E-state index contributed by atoms with van der Waals surface area (Å²) in [5.74, 6) is -3.16. The maximum Gasteiger partial charge on any atom is 0.326 e. The molecule has 3 amide bonds. The van der Waals surface area contributed by atoms with E-state index in [0.29, 0.717) is 0 Å². The van der Waals surface area contributed by atoms with E-state index in [1.165, 1.54) is 0 Å². The van der Waals surface area contributed by atoms with Gasteiger partial charge in [-0.15, -0.1) is 0 Å². The number of hydrogen-bond acceptors (Lipinski definition) is 5. The van der Waals surface area contributed by atoms with Crippen molar-refractivity contribution in [3.63, 3.8) is 0 Å². The first-order valence-electron chi connectivity index (χ1n) is 14.9. The maximum atomic E-state index is 13.8. The Kier molecular flexibility index (Phi) is 10.4. The van der Waals surface area contributed by atoms with Gasteiger partial charge in [-0.25, -0.2) is 4.79 Å². The Bertz CT molecular complexity index is 1620. The molecular formula is C33H42N6O5. The van der Waals surface area contributed by atoms with E-state index in [2.05, 4.69) is 25.9 Å². The molecule has 0 bridgehead atoms. The molecule has 44 heavy (non-hydrogen) atoms. The fourth-order valence-corrected chi connectivity index (χ4v) is 5.38. The van der Waals surface area contributed by atoms with Crippen molar-refractivity contribution in [3.8, 4) is 0 Å². The Hall–Kier alpha value is -4.64. The molecule has 2 heterocycles. The summed E-state index contributed by atoms with van der Waals surface area (Å²) in [5.41, 5.74) is 9.85. The zero-order valence-electron chi connectivity index (χ0n) is 25.5. The molecule has 4 rings (SSSR count). The number of aromatic nitrogens is 2. The van der Waals surface area contributed by atoms with Crippen molar-refractivity contribution in [3.05, 3.63) is 72.1 Å². The second-order valence-corrected chi connectivity index (χ2v) is 12.1. The van der Waals surface area contributed by atoms with Gasteiger partial charge in [-0.05, 0) is 47.9 Å². The average molecular weight is 603 g/mol. The van der Waals surface area contributed by atoms with Crippen molar-refractivity contribution in [1.29, 1.82) is 0 Å². The number of carbonyl (C=O) groups excluding carboxylic acids is 3. The molecule has 2 aromatic heterocycles. The smallest absolute Gasteiger partial charge is 0.326 e. The van der Waals surface area contributed by atoms with Gasteiger partial charge in [-0.3, -0.25) is 14.4 Å². The Labute approximate surface area is 256 Å². The molecule has 0 aliphatic carbocycles. The quantitative estimate of drug-likeness (QED) is 0.116. The third kappa shape index (κ3) is 7.84. The number of nitrogens with one attached hydrogen (secondary N) is 5. The van der Waals surface area contributed by atoms with Crippen LogP contribution in [0.3, 0.4) is 0 Å². The first kappa shape index (κ1) is 32.3. The van der Waals surface area contributed by atoms with E-state index in [1.807, 2.05) is 68.6 Å². The van der Waals surface area contributed by atoms with Crippen LogP contribution in [-0.2, 0) is 32.0 Å². The standard InChI is InChI=1S/C33H42N6O5/c1-18(2)13-28(33(43)44)38-32(42)29(19(3)4)39-31(41)27(15-21-17-36-26-12-8-6-10-23(21)26)37-30(40)24(34)14-20-16-35-25-11-7-5-9-22(20)25/h5-12,16-19,24,27-29,35-36H,13-15,34H2,1-4H3,(H,37,40)(H,38,42)(H,39,41)(H,43,44). The lowest BCUT2D eigenvalue weighted by atomic mass is 9.98. The Morgan fingerprint density at radius 3 is 1.77 bits per heavy atom. The topological polar surface area (TPSA) is 182 Å². The van der Waals surface area contributed by atoms with Gasteiger partial charge in [-0.2, -0.15) is 0 Å². The number of para-hydroxylation sites is 2. The van der Waals surface area contributed by atoms with Crippen molar-refractivity contribution in [2.75, 3.05) is 0 Å². The number of nitrogens with two attached hydrogens (primary N) is 1. The zero-order valence-corrected chi connectivity index (χ0v) is 25.5. The highest BCUT2D eigenvalue weighted by Gasteiger charge is 2.32. The minimum absolute atomic E-state index is 0.0349. The Balaban J connectivity index is 1.54. The van der Waals surface area contributed by atoms with Gasteiger partial charge in [0.25, 0.3) is 0 Å². The third-order valence-corrected chi connectivity index (χ3v) is 7.75. The van der Waals surface area contributed by atoms with E-state index < -0.39 is 47.9 Å². The minimum atomic E-state index is -1.14. The van der Waals surface area contributed by atoms with Crippen LogP contribution in [0.5, 0.6) is 0 Å². The summed E-state index contributed by atoms with van der Waals surface area (Å²) in [7, 11) is 0. The summed E-state index contributed by atoms with van der Waals surface area (Å²) in [6.45, 7) is 7.25. The fourth-order valence-electron chi connectivity index (χ4n) is 5.38. The summed E-state index contributed by atoms with van der Waals surface area (Å²) < 4.78 is 0. The minimum Gasteiger partial charge on any atom is -0.480 e. The van der Waals surface area contributed by atoms with E-state index in [-0.39, 0.29) is 31.1 Å². The van der Waals surface area contributed by atoms with Gasteiger partial charge in [0.15, 0.2) is 0 Å². The van der Waals surface area contributed by atoms with Crippen LogP contribution in [0.2, 0.25) is 0 Å². The molecule has 0 radical (unpaired) electrons. The van der Waals surface area contributed by atoms with Gasteiger partial charge >= 0.3 is 5.97 Å². The number of aromatic amines is 2. The second-order valence-electron chi connectivity index (χ2n) is 12.1. The molecule has 4 aromatic rings. The van der Waals surface area contributed by atoms with Gasteiger partial charge < -0.3 is 36.8 Å². The van der Waals surface area contributed by atoms with Crippen LogP contribution in [0, 0.1) is 11.8 Å². The van der Waals surface area contributed by atoms with Gasteiger partial charge in [0, 0.05) is 40.6 Å². The van der Waals surface area contributed by atoms with Crippen LogP contribution in [0.25, 0.3) is 21.8 Å². The van der Waals surface area contributed by atoms with Crippen LogP contribution in [0.15, 0.2) is 60.9 Å². The average Bonchev–Trinajstić information content (AvgIpc) is 3.58. The third-order valence-electron chi connectivity index (χ3n) is 7.75. The number of H-pyrrole nitrogens is 2. The number of aliphatic carboxylic acids is 1. The van der Waals surface area contributed by atoms with Crippen molar-refractivity contribution >= 4 is 45.5 Å². The molecule has 0 saturated carbocycles. The van der Waals surface area contributed by atoms with E-state index in [9.17, 15) is 24.3 Å². The lowest BCUT2D eigenvalue weighted by Gasteiger charge is -2.27. The zero-order chi connectivity index (χ0) is 32.0. The molecule has 11 nitrogen and oxygen atoms in total. The highest BCUT2D eigenvalue weighted by molar-refractivity contribution is 5.95. The molecular weight excluding hydrogens is 560 g/mol. The summed E-state index contributed by atoms with van der Waals surface area (Å²) in [5, 5.41) is 19.7. The number of hydrogen-bond donors (Lipinski definition) is 7. The van der Waals surface area contributed by atoms with Crippen molar-refractivity contribution < 1.29 is 24.3 Å². The lowest BCUT2D eigenvalue weighted by molar-refractivity contribution is -0.143. The predicted octanol–water partition coefficient (Wildman–Crippen LogP) is 3.00. The normalized spacial score (nSPS) is 14.3. The van der Waals surface area contributed by atoms with Crippen LogP contribution < -0.4 is 21.7 Å². The summed E-state index contributed by atoms with van der Waals surface area (Å²) in [4.78, 5) is 58.6. The summed E-state index contributed by atoms with van der Waals surface area (Å²) in [6, 6.07) is 11.2.